The lowest BCUT2D eigenvalue weighted by atomic mass is 10.2. The van der Waals surface area contributed by atoms with Gasteiger partial charge in [0.05, 0.1) is 5.52 Å². The summed E-state index contributed by atoms with van der Waals surface area (Å²) in [5.41, 5.74) is 1.98. The molecule has 3 heteroatoms. The van der Waals surface area contributed by atoms with Crippen LogP contribution in [0.3, 0.4) is 0 Å². The molecule has 0 unspecified atom stereocenters. The Morgan fingerprint density at radius 2 is 2.25 bits per heavy atom. The van der Waals surface area contributed by atoms with E-state index in [4.69, 9.17) is 0 Å². The molecule has 84 valence electrons. The minimum atomic E-state index is -0.183. The number of rotatable bonds is 3. The summed E-state index contributed by atoms with van der Waals surface area (Å²) in [6, 6.07) is 4.80. The van der Waals surface area contributed by atoms with Gasteiger partial charge in [-0.25, -0.2) is 4.39 Å². The zero-order chi connectivity index (χ0) is 11.1. The van der Waals surface area contributed by atoms with E-state index in [0.29, 0.717) is 0 Å². The van der Waals surface area contributed by atoms with Gasteiger partial charge < -0.3 is 0 Å². The second kappa shape index (κ2) is 3.58. The van der Waals surface area contributed by atoms with Crippen molar-refractivity contribution in [1.82, 2.24) is 9.78 Å². The van der Waals surface area contributed by atoms with Crippen molar-refractivity contribution in [2.45, 2.75) is 32.7 Å². The first-order valence-electron chi connectivity index (χ1n) is 5.87. The highest BCUT2D eigenvalue weighted by molar-refractivity contribution is 5.81. The molecule has 0 atom stereocenters. The normalized spacial score (nSPS) is 15.9. The molecule has 1 saturated carbocycles. The standard InChI is InChI=1S/C13H15FN2/c1-9-12-8-11(14)4-5-13(12)15-16(9)7-6-10-2-3-10/h4-5,8,10H,2-3,6-7H2,1H3. The first kappa shape index (κ1) is 9.82. The van der Waals surface area contributed by atoms with E-state index in [0.717, 1.165) is 29.1 Å². The number of aryl methyl sites for hydroxylation is 2. The maximum atomic E-state index is 13.1. The van der Waals surface area contributed by atoms with Gasteiger partial charge in [0.2, 0.25) is 0 Å². The van der Waals surface area contributed by atoms with Crippen molar-refractivity contribution in [2.75, 3.05) is 0 Å². The van der Waals surface area contributed by atoms with Gasteiger partial charge >= 0.3 is 0 Å². The molecule has 1 heterocycles. The van der Waals surface area contributed by atoms with Crippen LogP contribution < -0.4 is 0 Å². The molecular formula is C13H15FN2. The third-order valence-corrected chi connectivity index (χ3v) is 3.41. The molecule has 0 saturated heterocycles. The topological polar surface area (TPSA) is 17.8 Å². The highest BCUT2D eigenvalue weighted by Gasteiger charge is 2.21. The molecule has 16 heavy (non-hydrogen) atoms. The van der Waals surface area contributed by atoms with Crippen LogP contribution in [0.25, 0.3) is 10.9 Å². The van der Waals surface area contributed by atoms with Gasteiger partial charge in [0, 0.05) is 17.6 Å². The summed E-state index contributed by atoms with van der Waals surface area (Å²) in [7, 11) is 0. The summed E-state index contributed by atoms with van der Waals surface area (Å²) in [5.74, 6) is 0.723. The Labute approximate surface area is 94.1 Å². The van der Waals surface area contributed by atoms with Gasteiger partial charge in [0.25, 0.3) is 0 Å². The lowest BCUT2D eigenvalue weighted by Gasteiger charge is -2.02. The molecule has 0 N–H and O–H groups in total. The van der Waals surface area contributed by atoms with Crippen LogP contribution in [0.2, 0.25) is 0 Å². The first-order valence-corrected chi connectivity index (χ1v) is 5.87. The van der Waals surface area contributed by atoms with Gasteiger partial charge in [0.1, 0.15) is 5.82 Å². The SMILES string of the molecule is Cc1c2cc(F)ccc2nn1CCC1CC1. The molecule has 0 radical (unpaired) electrons. The Morgan fingerprint density at radius 1 is 1.44 bits per heavy atom. The van der Waals surface area contributed by atoms with Crippen LogP contribution in [0.1, 0.15) is 25.0 Å². The molecule has 2 nitrogen and oxygen atoms in total. The third-order valence-electron chi connectivity index (χ3n) is 3.41. The molecule has 1 fully saturated rings. The van der Waals surface area contributed by atoms with Gasteiger partial charge in [0.15, 0.2) is 0 Å². The molecule has 1 aromatic carbocycles. The monoisotopic (exact) mass is 218 g/mol. The minimum absolute atomic E-state index is 0.183. The largest absolute Gasteiger partial charge is 0.269 e. The second-order valence-corrected chi connectivity index (χ2v) is 4.70. The van der Waals surface area contributed by atoms with Crippen LogP contribution in [0.4, 0.5) is 4.39 Å². The van der Waals surface area contributed by atoms with Gasteiger partial charge in [-0.2, -0.15) is 5.10 Å². The average Bonchev–Trinajstić information content (AvgIpc) is 3.04. The van der Waals surface area contributed by atoms with E-state index in [1.807, 2.05) is 11.6 Å². The van der Waals surface area contributed by atoms with Crippen LogP contribution in [0.5, 0.6) is 0 Å². The van der Waals surface area contributed by atoms with Crippen molar-refractivity contribution in [2.24, 2.45) is 5.92 Å². The zero-order valence-corrected chi connectivity index (χ0v) is 9.41. The number of halogens is 1. The Morgan fingerprint density at radius 3 is 3.00 bits per heavy atom. The minimum Gasteiger partial charge on any atom is -0.269 e. The van der Waals surface area contributed by atoms with Gasteiger partial charge in [-0.15, -0.1) is 0 Å². The molecule has 3 rings (SSSR count). The Kier molecular flexibility index (Phi) is 2.20. The molecule has 0 aliphatic heterocycles. The van der Waals surface area contributed by atoms with E-state index in [1.54, 1.807) is 12.1 Å². The van der Waals surface area contributed by atoms with E-state index in [2.05, 4.69) is 5.10 Å². The number of nitrogens with zero attached hydrogens (tertiary/aromatic N) is 2. The van der Waals surface area contributed by atoms with Crippen LogP contribution in [0, 0.1) is 18.7 Å². The average molecular weight is 218 g/mol. The van der Waals surface area contributed by atoms with Crippen molar-refractivity contribution in [3.05, 3.63) is 29.7 Å². The van der Waals surface area contributed by atoms with Crippen LogP contribution in [0.15, 0.2) is 18.2 Å². The van der Waals surface area contributed by atoms with Crippen LogP contribution >= 0.6 is 0 Å². The predicted molar refractivity (Wildman–Crippen MR) is 61.8 cm³/mol. The maximum absolute atomic E-state index is 13.1. The number of hydrogen-bond donors (Lipinski definition) is 0. The van der Waals surface area contributed by atoms with E-state index in [1.165, 1.54) is 25.3 Å². The van der Waals surface area contributed by atoms with Crippen LogP contribution in [-0.4, -0.2) is 9.78 Å². The summed E-state index contributed by atoms with van der Waals surface area (Å²) in [6.45, 7) is 2.98. The summed E-state index contributed by atoms with van der Waals surface area (Å²) in [4.78, 5) is 0. The number of benzene rings is 1. The summed E-state index contributed by atoms with van der Waals surface area (Å²) >= 11 is 0. The Hall–Kier alpha value is -1.38. The van der Waals surface area contributed by atoms with E-state index in [9.17, 15) is 4.39 Å². The number of hydrogen-bond acceptors (Lipinski definition) is 1. The summed E-state index contributed by atoms with van der Waals surface area (Å²) < 4.78 is 15.1. The molecule has 1 aliphatic rings. The zero-order valence-electron chi connectivity index (χ0n) is 9.41. The summed E-state index contributed by atoms with van der Waals surface area (Å²) in [6.07, 6.45) is 3.94. The fraction of sp³-hybridized carbons (Fsp3) is 0.462. The molecule has 0 spiro atoms. The summed E-state index contributed by atoms with van der Waals surface area (Å²) in [5, 5.41) is 5.44. The quantitative estimate of drug-likeness (QED) is 0.773. The van der Waals surface area contributed by atoms with Crippen molar-refractivity contribution >= 4 is 10.9 Å². The molecule has 0 amide bonds. The van der Waals surface area contributed by atoms with Crippen molar-refractivity contribution in [3.63, 3.8) is 0 Å². The van der Waals surface area contributed by atoms with E-state index >= 15 is 0 Å². The molecule has 2 aromatic rings. The fourth-order valence-electron chi connectivity index (χ4n) is 2.16. The van der Waals surface area contributed by atoms with E-state index in [-0.39, 0.29) is 5.82 Å². The third kappa shape index (κ3) is 1.70. The smallest absolute Gasteiger partial charge is 0.124 e. The van der Waals surface area contributed by atoms with Crippen molar-refractivity contribution in [1.29, 1.82) is 0 Å². The fourth-order valence-corrected chi connectivity index (χ4v) is 2.16. The van der Waals surface area contributed by atoms with Gasteiger partial charge in [-0.3, -0.25) is 4.68 Å². The molecule has 0 bridgehead atoms. The highest BCUT2D eigenvalue weighted by atomic mass is 19.1. The number of aromatic nitrogens is 2. The molecular weight excluding hydrogens is 203 g/mol. The predicted octanol–water partition coefficient (Wildman–Crippen LogP) is 3.28. The van der Waals surface area contributed by atoms with Gasteiger partial charge in [-0.05, 0) is 37.5 Å². The Bertz CT molecular complexity index is 526. The molecule has 1 aromatic heterocycles. The van der Waals surface area contributed by atoms with Crippen molar-refractivity contribution in [3.8, 4) is 0 Å². The second-order valence-electron chi connectivity index (χ2n) is 4.70. The first-order chi connectivity index (χ1) is 7.74. The van der Waals surface area contributed by atoms with Gasteiger partial charge in [-0.1, -0.05) is 12.8 Å². The van der Waals surface area contributed by atoms with Crippen LogP contribution in [-0.2, 0) is 6.54 Å². The number of fused-ring (bicyclic) bond motifs is 1. The Balaban J connectivity index is 1.94. The van der Waals surface area contributed by atoms with Crippen molar-refractivity contribution < 1.29 is 4.39 Å². The lowest BCUT2D eigenvalue weighted by molar-refractivity contribution is 0.540. The van der Waals surface area contributed by atoms with E-state index < -0.39 is 0 Å². The highest BCUT2D eigenvalue weighted by Crippen LogP contribution is 2.33. The maximum Gasteiger partial charge on any atom is 0.124 e. The lowest BCUT2D eigenvalue weighted by Crippen LogP contribution is -2.02. The molecule has 1 aliphatic carbocycles.